The van der Waals surface area contributed by atoms with Gasteiger partial charge in [-0.15, -0.1) is 0 Å². The highest BCUT2D eigenvalue weighted by Gasteiger charge is 2.33. The summed E-state index contributed by atoms with van der Waals surface area (Å²) in [5.41, 5.74) is 3.91. The van der Waals surface area contributed by atoms with Gasteiger partial charge in [-0.1, -0.05) is 29.8 Å². The van der Waals surface area contributed by atoms with Gasteiger partial charge in [0.05, 0.1) is 17.0 Å². The number of carbonyl (C=O) groups is 1. The highest BCUT2D eigenvalue weighted by molar-refractivity contribution is 6.30. The molecular formula is C27H32ClN5O2. The smallest absolute Gasteiger partial charge is 0.293 e. The minimum Gasteiger partial charge on any atom is -0.368 e. The predicted molar refractivity (Wildman–Crippen MR) is 142 cm³/mol. The van der Waals surface area contributed by atoms with Crippen LogP contribution in [-0.2, 0) is 11.3 Å². The molecule has 1 atom stereocenters. The van der Waals surface area contributed by atoms with Crippen LogP contribution < -0.4 is 15.4 Å². The molecule has 2 saturated heterocycles. The Morgan fingerprint density at radius 2 is 1.83 bits per heavy atom. The Morgan fingerprint density at radius 3 is 2.60 bits per heavy atom. The van der Waals surface area contributed by atoms with E-state index in [0.29, 0.717) is 32.0 Å². The molecule has 0 unspecified atom stereocenters. The summed E-state index contributed by atoms with van der Waals surface area (Å²) in [5, 5.41) is 0.732. The molecule has 35 heavy (non-hydrogen) atoms. The third-order valence-corrected chi connectivity index (χ3v) is 7.56. The lowest BCUT2D eigenvalue weighted by Crippen LogP contribution is -2.53. The Morgan fingerprint density at radius 1 is 1.06 bits per heavy atom. The van der Waals surface area contributed by atoms with E-state index >= 15 is 0 Å². The number of aryl methyl sites for hydroxylation is 2. The van der Waals surface area contributed by atoms with Crippen LogP contribution in [0.15, 0.2) is 47.3 Å². The summed E-state index contributed by atoms with van der Waals surface area (Å²) in [5.74, 6) is 0.532. The highest BCUT2D eigenvalue weighted by atomic mass is 35.5. The van der Waals surface area contributed by atoms with Crippen LogP contribution in [0.2, 0.25) is 5.02 Å². The van der Waals surface area contributed by atoms with Crippen LogP contribution >= 0.6 is 11.6 Å². The van der Waals surface area contributed by atoms with Gasteiger partial charge in [-0.25, -0.2) is 4.98 Å². The molecule has 0 saturated carbocycles. The van der Waals surface area contributed by atoms with Gasteiger partial charge in [-0.3, -0.25) is 9.59 Å². The molecule has 7 nitrogen and oxygen atoms in total. The van der Waals surface area contributed by atoms with Crippen molar-refractivity contribution in [3.8, 4) is 0 Å². The van der Waals surface area contributed by atoms with E-state index in [1.165, 1.54) is 5.56 Å². The Hall–Kier alpha value is -3.06. The SMILES string of the molecule is CCn1c(=O)c(N2CCC[C@H](C(=O)N3CCN(c4cc(Cl)ccc4C)CC3)C2)nc2ccccc21. The number of hydrogen-bond donors (Lipinski definition) is 0. The standard InChI is InChI=1S/C27H32ClN5O2/c1-3-33-23-9-5-4-8-22(23)29-25(27(33)35)32-12-6-7-20(18-32)26(34)31-15-13-30(14-16-31)24-17-21(28)11-10-19(24)2/h4-5,8-11,17,20H,3,6-7,12-16,18H2,1-2H3/t20-/m0/s1. The quantitative estimate of drug-likeness (QED) is 0.551. The van der Waals surface area contributed by atoms with Crippen LogP contribution in [0.3, 0.4) is 0 Å². The maximum Gasteiger partial charge on any atom is 0.293 e. The van der Waals surface area contributed by atoms with Gasteiger partial charge in [-0.2, -0.15) is 0 Å². The zero-order valence-corrected chi connectivity index (χ0v) is 21.2. The van der Waals surface area contributed by atoms with Crippen molar-refractivity contribution in [1.82, 2.24) is 14.5 Å². The summed E-state index contributed by atoms with van der Waals surface area (Å²) in [6.07, 6.45) is 1.72. The van der Waals surface area contributed by atoms with Crippen molar-refractivity contribution >= 4 is 40.0 Å². The first-order valence-corrected chi connectivity index (χ1v) is 12.9. The average molecular weight is 494 g/mol. The third-order valence-electron chi connectivity index (χ3n) is 7.32. The molecule has 3 aromatic rings. The summed E-state index contributed by atoms with van der Waals surface area (Å²) >= 11 is 6.22. The first-order valence-electron chi connectivity index (χ1n) is 12.5. The van der Waals surface area contributed by atoms with Gasteiger partial charge in [-0.05, 0) is 56.5 Å². The lowest BCUT2D eigenvalue weighted by atomic mass is 9.96. The van der Waals surface area contributed by atoms with Crippen molar-refractivity contribution in [2.75, 3.05) is 49.1 Å². The van der Waals surface area contributed by atoms with E-state index in [-0.39, 0.29) is 17.4 Å². The van der Waals surface area contributed by atoms with Crippen molar-refractivity contribution in [2.24, 2.45) is 5.92 Å². The van der Waals surface area contributed by atoms with E-state index in [2.05, 4.69) is 11.8 Å². The lowest BCUT2D eigenvalue weighted by Gasteiger charge is -2.40. The van der Waals surface area contributed by atoms with Crippen LogP contribution in [0.4, 0.5) is 11.5 Å². The van der Waals surface area contributed by atoms with Crippen LogP contribution in [0, 0.1) is 12.8 Å². The number of rotatable bonds is 4. The van der Waals surface area contributed by atoms with Gasteiger partial charge in [0.15, 0.2) is 5.82 Å². The molecule has 1 aromatic heterocycles. The molecule has 3 heterocycles. The normalized spacial score (nSPS) is 18.8. The fraction of sp³-hybridized carbons (Fsp3) is 0.444. The van der Waals surface area contributed by atoms with Gasteiger partial charge in [0, 0.05) is 56.5 Å². The molecule has 5 rings (SSSR count). The van der Waals surface area contributed by atoms with Crippen LogP contribution in [0.1, 0.15) is 25.3 Å². The summed E-state index contributed by atoms with van der Waals surface area (Å²) < 4.78 is 1.78. The van der Waals surface area contributed by atoms with Gasteiger partial charge >= 0.3 is 0 Å². The minimum atomic E-state index is -0.119. The second-order valence-electron chi connectivity index (χ2n) is 9.50. The monoisotopic (exact) mass is 493 g/mol. The summed E-state index contributed by atoms with van der Waals surface area (Å²) in [7, 11) is 0. The number of anilines is 2. The Bertz CT molecular complexity index is 1300. The second kappa shape index (κ2) is 9.90. The first-order chi connectivity index (χ1) is 17.0. The van der Waals surface area contributed by atoms with Gasteiger partial charge < -0.3 is 19.3 Å². The molecule has 0 radical (unpaired) electrons. The largest absolute Gasteiger partial charge is 0.368 e. The molecule has 0 N–H and O–H groups in total. The molecule has 2 aliphatic heterocycles. The van der Waals surface area contributed by atoms with Crippen molar-refractivity contribution < 1.29 is 4.79 Å². The number of hydrogen-bond acceptors (Lipinski definition) is 5. The van der Waals surface area contributed by atoms with E-state index < -0.39 is 0 Å². The number of para-hydroxylation sites is 2. The van der Waals surface area contributed by atoms with E-state index in [0.717, 1.165) is 54.2 Å². The Labute approximate surface area is 210 Å². The number of piperazine rings is 1. The average Bonchev–Trinajstić information content (AvgIpc) is 2.89. The number of piperidine rings is 1. The first kappa shape index (κ1) is 23.7. The van der Waals surface area contributed by atoms with E-state index in [1.807, 2.05) is 59.2 Å². The molecule has 2 aliphatic rings. The van der Waals surface area contributed by atoms with Crippen molar-refractivity contribution in [3.05, 3.63) is 63.4 Å². The molecule has 8 heteroatoms. The number of halogens is 1. The fourth-order valence-electron chi connectivity index (χ4n) is 5.42. The molecule has 0 aliphatic carbocycles. The van der Waals surface area contributed by atoms with E-state index in [9.17, 15) is 9.59 Å². The molecule has 184 valence electrons. The van der Waals surface area contributed by atoms with Crippen LogP contribution in [0.25, 0.3) is 11.0 Å². The minimum absolute atomic E-state index is 0.0789. The number of aromatic nitrogens is 2. The molecular weight excluding hydrogens is 462 g/mol. The highest BCUT2D eigenvalue weighted by Crippen LogP contribution is 2.27. The number of nitrogens with zero attached hydrogens (tertiary/aromatic N) is 5. The van der Waals surface area contributed by atoms with Gasteiger partial charge in [0.1, 0.15) is 0 Å². The van der Waals surface area contributed by atoms with Crippen LogP contribution in [-0.4, -0.2) is 59.6 Å². The third kappa shape index (κ3) is 4.61. The molecule has 0 spiro atoms. The number of carbonyl (C=O) groups excluding carboxylic acids is 1. The maximum atomic E-state index is 13.5. The van der Waals surface area contributed by atoms with E-state index in [4.69, 9.17) is 16.6 Å². The molecule has 2 fully saturated rings. The molecule has 2 aromatic carbocycles. The van der Waals surface area contributed by atoms with Gasteiger partial charge in [0.2, 0.25) is 5.91 Å². The summed E-state index contributed by atoms with van der Waals surface area (Å²) in [6, 6.07) is 13.7. The zero-order valence-electron chi connectivity index (χ0n) is 20.4. The summed E-state index contributed by atoms with van der Waals surface area (Å²) in [6.45, 7) is 8.90. The number of fused-ring (bicyclic) bond motifs is 1. The van der Waals surface area contributed by atoms with Crippen LogP contribution in [0.5, 0.6) is 0 Å². The zero-order chi connectivity index (χ0) is 24.5. The predicted octanol–water partition coefficient (Wildman–Crippen LogP) is 3.94. The number of benzene rings is 2. The number of amides is 1. The second-order valence-corrected chi connectivity index (χ2v) is 9.94. The topological polar surface area (TPSA) is 61.7 Å². The van der Waals surface area contributed by atoms with Crippen molar-refractivity contribution in [2.45, 2.75) is 33.2 Å². The fourth-order valence-corrected chi connectivity index (χ4v) is 5.59. The van der Waals surface area contributed by atoms with Gasteiger partial charge in [0.25, 0.3) is 5.56 Å². The van der Waals surface area contributed by atoms with E-state index in [1.54, 1.807) is 4.57 Å². The lowest BCUT2D eigenvalue weighted by molar-refractivity contribution is -0.136. The Kier molecular flexibility index (Phi) is 6.69. The van der Waals surface area contributed by atoms with Crippen molar-refractivity contribution in [3.63, 3.8) is 0 Å². The molecule has 1 amide bonds. The molecule has 0 bridgehead atoms. The maximum absolute atomic E-state index is 13.5. The summed E-state index contributed by atoms with van der Waals surface area (Å²) in [4.78, 5) is 37.8. The van der Waals surface area contributed by atoms with Crippen molar-refractivity contribution in [1.29, 1.82) is 0 Å². The Balaban J connectivity index is 1.29.